The third-order valence-corrected chi connectivity index (χ3v) is 6.70. The van der Waals surface area contributed by atoms with Crippen LogP contribution in [-0.4, -0.2) is 50.9 Å². The van der Waals surface area contributed by atoms with Gasteiger partial charge in [0.2, 0.25) is 10.0 Å². The van der Waals surface area contributed by atoms with Crippen molar-refractivity contribution in [1.29, 1.82) is 0 Å². The molecule has 0 aliphatic carbocycles. The zero-order chi connectivity index (χ0) is 23.4. The van der Waals surface area contributed by atoms with E-state index in [-0.39, 0.29) is 11.8 Å². The molecule has 2 aromatic carbocycles. The lowest BCUT2D eigenvalue weighted by Crippen LogP contribution is -2.39. The standard InChI is InChI=1S/C20H20F3N3O4S2/c1-32(28,29)26(16-4-2-3-15(9-16)20(21,22)23)11-19(27)25-24-10-14-5-7-17(8-6-14)30-18-12-31-13-18/h2-10,18H,11-13H2,1H3,(H,25,27). The van der Waals surface area contributed by atoms with E-state index in [1.807, 2.05) is 11.8 Å². The van der Waals surface area contributed by atoms with E-state index in [1.54, 1.807) is 24.3 Å². The van der Waals surface area contributed by atoms with Crippen molar-refractivity contribution in [2.75, 3.05) is 28.6 Å². The average molecular weight is 488 g/mol. The van der Waals surface area contributed by atoms with Crippen LogP contribution in [0.2, 0.25) is 0 Å². The number of nitrogens with zero attached hydrogens (tertiary/aromatic N) is 2. The molecule has 1 fully saturated rings. The smallest absolute Gasteiger partial charge is 0.416 e. The summed E-state index contributed by atoms with van der Waals surface area (Å²) in [7, 11) is -4.03. The number of ether oxygens (including phenoxy) is 1. The predicted molar refractivity (Wildman–Crippen MR) is 118 cm³/mol. The zero-order valence-corrected chi connectivity index (χ0v) is 18.5. The summed E-state index contributed by atoms with van der Waals surface area (Å²) in [5.41, 5.74) is 1.55. The number of nitrogens with one attached hydrogen (secondary N) is 1. The largest absolute Gasteiger partial charge is 0.489 e. The monoisotopic (exact) mass is 487 g/mol. The van der Waals surface area contributed by atoms with E-state index in [0.29, 0.717) is 15.9 Å². The minimum atomic E-state index is -4.65. The molecule has 7 nitrogen and oxygen atoms in total. The van der Waals surface area contributed by atoms with Gasteiger partial charge in [-0.2, -0.15) is 30.0 Å². The van der Waals surface area contributed by atoms with Crippen LogP contribution in [0.15, 0.2) is 53.6 Å². The molecule has 0 aromatic heterocycles. The first-order valence-corrected chi connectivity index (χ1v) is 12.3. The van der Waals surface area contributed by atoms with E-state index >= 15 is 0 Å². The van der Waals surface area contributed by atoms with Gasteiger partial charge in [-0.1, -0.05) is 6.07 Å². The molecule has 0 radical (unpaired) electrons. The Hall–Kier alpha value is -2.73. The summed E-state index contributed by atoms with van der Waals surface area (Å²) in [5, 5.41) is 3.77. The highest BCUT2D eigenvalue weighted by atomic mass is 32.2. The van der Waals surface area contributed by atoms with Crippen molar-refractivity contribution < 1.29 is 31.1 Å². The van der Waals surface area contributed by atoms with Gasteiger partial charge in [0, 0.05) is 11.5 Å². The van der Waals surface area contributed by atoms with E-state index in [1.165, 1.54) is 12.3 Å². The molecule has 1 amide bonds. The van der Waals surface area contributed by atoms with Gasteiger partial charge in [0.15, 0.2) is 0 Å². The molecule has 1 aliphatic heterocycles. The van der Waals surface area contributed by atoms with Crippen molar-refractivity contribution >= 4 is 39.6 Å². The van der Waals surface area contributed by atoms with Crippen LogP contribution in [0.3, 0.4) is 0 Å². The van der Waals surface area contributed by atoms with Crippen LogP contribution in [0.25, 0.3) is 0 Å². The molecule has 1 heterocycles. The summed E-state index contributed by atoms with van der Waals surface area (Å²) in [6, 6.07) is 10.8. The van der Waals surface area contributed by atoms with Gasteiger partial charge >= 0.3 is 6.18 Å². The summed E-state index contributed by atoms with van der Waals surface area (Å²) < 4.78 is 69.3. The highest BCUT2D eigenvalue weighted by Crippen LogP contribution is 2.32. The number of rotatable bonds is 8. The van der Waals surface area contributed by atoms with E-state index in [2.05, 4.69) is 10.5 Å². The SMILES string of the molecule is CS(=O)(=O)N(CC(=O)NN=Cc1ccc(OC2CSC2)cc1)c1cccc(C(F)(F)F)c1. The second-order valence-corrected chi connectivity index (χ2v) is 9.94. The van der Waals surface area contributed by atoms with Gasteiger partial charge < -0.3 is 4.74 Å². The molecule has 3 rings (SSSR count). The summed E-state index contributed by atoms with van der Waals surface area (Å²) in [4.78, 5) is 12.2. The zero-order valence-electron chi connectivity index (χ0n) is 16.9. The van der Waals surface area contributed by atoms with Crippen LogP contribution < -0.4 is 14.5 Å². The molecule has 1 saturated heterocycles. The maximum atomic E-state index is 13.0. The minimum absolute atomic E-state index is 0.216. The molecule has 32 heavy (non-hydrogen) atoms. The number of anilines is 1. The third-order valence-electron chi connectivity index (χ3n) is 4.34. The van der Waals surface area contributed by atoms with Gasteiger partial charge in [0.05, 0.1) is 23.7 Å². The van der Waals surface area contributed by atoms with Gasteiger partial charge in [0.1, 0.15) is 18.4 Å². The van der Waals surface area contributed by atoms with Crippen LogP contribution in [0.5, 0.6) is 5.75 Å². The average Bonchev–Trinajstić information content (AvgIpc) is 2.68. The maximum Gasteiger partial charge on any atom is 0.416 e. The Labute approximate surface area is 187 Å². The molecule has 0 unspecified atom stereocenters. The molecule has 1 N–H and O–H groups in total. The van der Waals surface area contributed by atoms with Crippen LogP contribution in [0.1, 0.15) is 11.1 Å². The molecular weight excluding hydrogens is 467 g/mol. The topological polar surface area (TPSA) is 88.1 Å². The summed E-state index contributed by atoms with van der Waals surface area (Å²) in [6.45, 7) is -0.732. The van der Waals surface area contributed by atoms with Crippen molar-refractivity contribution in [1.82, 2.24) is 5.43 Å². The van der Waals surface area contributed by atoms with Crippen molar-refractivity contribution in [2.45, 2.75) is 12.3 Å². The third kappa shape index (κ3) is 6.63. The lowest BCUT2D eigenvalue weighted by atomic mass is 10.2. The fourth-order valence-corrected chi connectivity index (χ4v) is 4.10. The van der Waals surface area contributed by atoms with Gasteiger partial charge in [-0.3, -0.25) is 9.10 Å². The van der Waals surface area contributed by atoms with Crippen LogP contribution in [-0.2, 0) is 21.0 Å². The summed E-state index contributed by atoms with van der Waals surface area (Å²) in [6.07, 6.45) is -2.28. The maximum absolute atomic E-state index is 13.0. The summed E-state index contributed by atoms with van der Waals surface area (Å²) in [5.74, 6) is 1.83. The number of benzene rings is 2. The number of carbonyl (C=O) groups is 1. The molecule has 0 bridgehead atoms. The Balaban J connectivity index is 1.62. The second kappa shape index (κ2) is 9.82. The lowest BCUT2D eigenvalue weighted by molar-refractivity contribution is -0.137. The number of alkyl halides is 3. The Morgan fingerprint density at radius 1 is 1.25 bits per heavy atom. The number of amides is 1. The number of halogens is 3. The number of hydrazone groups is 1. The Kier molecular flexibility index (Phi) is 7.34. The van der Waals surface area contributed by atoms with Gasteiger partial charge in [-0.05, 0) is 48.0 Å². The number of hydrogen-bond donors (Lipinski definition) is 1. The van der Waals surface area contributed by atoms with Crippen molar-refractivity contribution in [3.8, 4) is 5.75 Å². The molecule has 12 heteroatoms. The highest BCUT2D eigenvalue weighted by molar-refractivity contribution is 8.00. The predicted octanol–water partition coefficient (Wildman–Crippen LogP) is 3.12. The van der Waals surface area contributed by atoms with Crippen LogP contribution in [0.4, 0.5) is 18.9 Å². The van der Waals surface area contributed by atoms with E-state index in [9.17, 15) is 26.4 Å². The molecule has 0 saturated carbocycles. The normalized spacial score (nSPS) is 14.8. The van der Waals surface area contributed by atoms with Crippen molar-refractivity contribution in [3.63, 3.8) is 0 Å². The van der Waals surface area contributed by atoms with Gasteiger partial charge in [-0.25, -0.2) is 13.8 Å². The van der Waals surface area contributed by atoms with E-state index in [4.69, 9.17) is 4.74 Å². The fraction of sp³-hybridized carbons (Fsp3) is 0.300. The lowest BCUT2D eigenvalue weighted by Gasteiger charge is -2.25. The number of carbonyl (C=O) groups excluding carboxylic acids is 1. The Morgan fingerprint density at radius 2 is 1.94 bits per heavy atom. The minimum Gasteiger partial charge on any atom is -0.489 e. The number of hydrogen-bond acceptors (Lipinski definition) is 6. The quantitative estimate of drug-likeness (QED) is 0.457. The van der Waals surface area contributed by atoms with Crippen molar-refractivity contribution in [2.24, 2.45) is 5.10 Å². The van der Waals surface area contributed by atoms with Crippen molar-refractivity contribution in [3.05, 3.63) is 59.7 Å². The fourth-order valence-electron chi connectivity index (χ4n) is 2.69. The molecule has 1 aliphatic rings. The van der Waals surface area contributed by atoms with Gasteiger partial charge in [-0.15, -0.1) is 0 Å². The first-order chi connectivity index (χ1) is 15.0. The second-order valence-electron chi connectivity index (χ2n) is 6.96. The first kappa shape index (κ1) is 23.9. The molecule has 172 valence electrons. The van der Waals surface area contributed by atoms with Crippen LogP contribution >= 0.6 is 11.8 Å². The molecular formula is C20H20F3N3O4S2. The van der Waals surface area contributed by atoms with E-state index < -0.39 is 34.2 Å². The highest BCUT2D eigenvalue weighted by Gasteiger charge is 2.32. The Morgan fingerprint density at radius 3 is 2.50 bits per heavy atom. The summed E-state index contributed by atoms with van der Waals surface area (Å²) >= 11 is 1.81. The first-order valence-electron chi connectivity index (χ1n) is 9.34. The number of sulfonamides is 1. The molecule has 0 spiro atoms. The van der Waals surface area contributed by atoms with Crippen LogP contribution in [0, 0.1) is 0 Å². The number of thioether (sulfide) groups is 1. The van der Waals surface area contributed by atoms with Gasteiger partial charge in [0.25, 0.3) is 5.91 Å². The molecule has 2 aromatic rings. The van der Waals surface area contributed by atoms with E-state index in [0.717, 1.165) is 35.6 Å². The molecule has 0 atom stereocenters. The Bertz CT molecular complexity index is 1090.